The minimum Gasteiger partial charge on any atom is -0.367 e. The minimum atomic E-state index is -4.36. The number of likely N-dealkylation sites (N-methyl/N-ethyl adjacent to an activating group) is 1. The van der Waals surface area contributed by atoms with Gasteiger partial charge in [-0.25, -0.2) is 8.42 Å². The largest absolute Gasteiger partial charge is 0.416 e. The summed E-state index contributed by atoms with van der Waals surface area (Å²) in [7, 11) is 0.714. The van der Waals surface area contributed by atoms with Gasteiger partial charge in [-0.15, -0.1) is 0 Å². The Hall–Kier alpha value is -3.37. The van der Waals surface area contributed by atoms with Gasteiger partial charge in [-0.05, 0) is 80.2 Å². The summed E-state index contributed by atoms with van der Waals surface area (Å²) in [6.45, 7) is 3.31. The second-order valence-corrected chi connectivity index (χ2v) is 12.7. The van der Waals surface area contributed by atoms with Gasteiger partial charge in [-0.1, -0.05) is 31.2 Å². The Morgan fingerprint density at radius 3 is 2.15 bits per heavy atom. The molecule has 214 valence electrons. The van der Waals surface area contributed by atoms with Crippen molar-refractivity contribution in [1.29, 1.82) is 0 Å². The number of alkyl halides is 3. The van der Waals surface area contributed by atoms with Gasteiger partial charge in [0.05, 0.1) is 16.2 Å². The van der Waals surface area contributed by atoms with E-state index in [1.54, 1.807) is 55.5 Å². The average molecular weight is 574 g/mol. The SMILES string of the molecule is CCS(=O)(=O)c1ccc(CNC(=O)c2ccc(N3CC(c4ccc(C(F)(F)F)cc4)C[C@H]3CN(C)C)cc2)cc1. The topological polar surface area (TPSA) is 69.7 Å². The number of hydrogen-bond acceptors (Lipinski definition) is 5. The second-order valence-electron chi connectivity index (χ2n) is 10.4. The van der Waals surface area contributed by atoms with Gasteiger partial charge >= 0.3 is 6.18 Å². The van der Waals surface area contributed by atoms with E-state index in [-0.39, 0.29) is 35.1 Å². The molecule has 3 aromatic rings. The highest BCUT2D eigenvalue weighted by Gasteiger charge is 2.35. The molecule has 0 spiro atoms. The van der Waals surface area contributed by atoms with Crippen molar-refractivity contribution in [2.75, 3.05) is 37.8 Å². The molecule has 1 aliphatic rings. The molecular formula is C30H34F3N3O3S. The summed E-state index contributed by atoms with van der Waals surface area (Å²) in [6, 6.07) is 19.4. The van der Waals surface area contributed by atoms with Gasteiger partial charge in [0.1, 0.15) is 0 Å². The Morgan fingerprint density at radius 2 is 1.60 bits per heavy atom. The van der Waals surface area contributed by atoms with Crippen LogP contribution in [0.2, 0.25) is 0 Å². The molecule has 1 unspecified atom stereocenters. The molecule has 3 aromatic carbocycles. The molecule has 4 rings (SSSR count). The maximum Gasteiger partial charge on any atom is 0.416 e. The zero-order valence-electron chi connectivity index (χ0n) is 22.8. The van der Waals surface area contributed by atoms with Gasteiger partial charge in [-0.3, -0.25) is 4.79 Å². The van der Waals surface area contributed by atoms with E-state index in [1.807, 2.05) is 26.2 Å². The summed E-state index contributed by atoms with van der Waals surface area (Å²) < 4.78 is 63.0. The van der Waals surface area contributed by atoms with Gasteiger partial charge in [0.2, 0.25) is 0 Å². The number of nitrogens with zero attached hydrogens (tertiary/aromatic N) is 2. The monoisotopic (exact) mass is 573 g/mol. The van der Waals surface area contributed by atoms with Crippen molar-refractivity contribution in [1.82, 2.24) is 10.2 Å². The van der Waals surface area contributed by atoms with Crippen LogP contribution in [0.25, 0.3) is 0 Å². The maximum atomic E-state index is 13.0. The van der Waals surface area contributed by atoms with Crippen LogP contribution in [0.1, 0.15) is 46.3 Å². The lowest BCUT2D eigenvalue weighted by molar-refractivity contribution is -0.137. The van der Waals surface area contributed by atoms with Gasteiger partial charge in [0, 0.05) is 42.8 Å². The molecular weight excluding hydrogens is 539 g/mol. The van der Waals surface area contributed by atoms with Crippen LogP contribution in [0.3, 0.4) is 0 Å². The van der Waals surface area contributed by atoms with Crippen LogP contribution >= 0.6 is 0 Å². The predicted octanol–water partition coefficient (Wildman–Crippen LogP) is 5.35. The smallest absolute Gasteiger partial charge is 0.367 e. The first-order valence-electron chi connectivity index (χ1n) is 13.2. The summed E-state index contributed by atoms with van der Waals surface area (Å²) in [5, 5.41) is 2.87. The van der Waals surface area contributed by atoms with Crippen molar-refractivity contribution in [3.63, 3.8) is 0 Å². The van der Waals surface area contributed by atoms with Crippen LogP contribution in [0, 0.1) is 0 Å². The highest BCUT2D eigenvalue weighted by atomic mass is 32.2. The Labute approximate surface area is 233 Å². The summed E-state index contributed by atoms with van der Waals surface area (Å²) in [5.41, 5.74) is 2.47. The van der Waals surface area contributed by atoms with E-state index in [4.69, 9.17) is 0 Å². The zero-order valence-corrected chi connectivity index (χ0v) is 23.6. The summed E-state index contributed by atoms with van der Waals surface area (Å²) >= 11 is 0. The number of carbonyl (C=O) groups is 1. The molecule has 1 aliphatic heterocycles. The minimum absolute atomic E-state index is 0.0299. The number of hydrogen-bond donors (Lipinski definition) is 1. The number of amides is 1. The fourth-order valence-electron chi connectivity index (χ4n) is 5.08. The number of rotatable bonds is 9. The lowest BCUT2D eigenvalue weighted by Gasteiger charge is -2.29. The normalized spacial score (nSPS) is 17.8. The highest BCUT2D eigenvalue weighted by molar-refractivity contribution is 7.91. The summed E-state index contributed by atoms with van der Waals surface area (Å²) in [5.74, 6) is -0.123. The third-order valence-electron chi connectivity index (χ3n) is 7.28. The molecule has 1 saturated heterocycles. The number of carbonyl (C=O) groups excluding carboxylic acids is 1. The van der Waals surface area contributed by atoms with Crippen LogP contribution in [0.5, 0.6) is 0 Å². The lowest BCUT2D eigenvalue weighted by atomic mass is 9.95. The van der Waals surface area contributed by atoms with Crippen molar-refractivity contribution in [3.05, 3.63) is 95.1 Å². The predicted molar refractivity (Wildman–Crippen MR) is 150 cm³/mol. The van der Waals surface area contributed by atoms with Crippen molar-refractivity contribution in [3.8, 4) is 0 Å². The van der Waals surface area contributed by atoms with E-state index in [2.05, 4.69) is 15.1 Å². The zero-order chi connectivity index (χ0) is 29.1. The van der Waals surface area contributed by atoms with E-state index < -0.39 is 21.6 Å². The Bertz CT molecular complexity index is 1410. The van der Waals surface area contributed by atoms with Gasteiger partial charge in [0.25, 0.3) is 5.91 Å². The first-order chi connectivity index (χ1) is 18.9. The Kier molecular flexibility index (Phi) is 8.90. The van der Waals surface area contributed by atoms with Crippen LogP contribution in [-0.4, -0.2) is 58.2 Å². The number of sulfone groups is 1. The summed E-state index contributed by atoms with van der Waals surface area (Å²) in [6.07, 6.45) is -3.55. The fraction of sp³-hybridized carbons (Fsp3) is 0.367. The van der Waals surface area contributed by atoms with Crippen LogP contribution in [0.15, 0.2) is 77.7 Å². The molecule has 0 aromatic heterocycles. The molecule has 1 amide bonds. The standard InChI is InChI=1S/C30H34F3N3O3S/c1-4-40(38,39)28-15-5-21(6-16-28)18-34-29(37)23-9-13-26(14-10-23)36-19-24(17-27(36)20-35(2)3)22-7-11-25(12-8-22)30(31,32)33/h5-16,24,27H,4,17-20H2,1-3H3,(H,34,37)/t24?,27-/m0/s1. The molecule has 10 heteroatoms. The highest BCUT2D eigenvalue weighted by Crippen LogP contribution is 2.37. The molecule has 0 radical (unpaired) electrons. The average Bonchev–Trinajstić information content (AvgIpc) is 3.34. The molecule has 0 aliphatic carbocycles. The molecule has 0 bridgehead atoms. The molecule has 2 atom stereocenters. The van der Waals surface area contributed by atoms with Crippen LogP contribution in [0.4, 0.5) is 18.9 Å². The van der Waals surface area contributed by atoms with E-state index in [1.165, 1.54) is 0 Å². The van der Waals surface area contributed by atoms with Crippen LogP contribution in [-0.2, 0) is 22.6 Å². The number of nitrogens with one attached hydrogen (secondary N) is 1. The lowest BCUT2D eigenvalue weighted by Crippen LogP contribution is -2.37. The quantitative estimate of drug-likeness (QED) is 0.374. The molecule has 6 nitrogen and oxygen atoms in total. The Balaban J connectivity index is 1.42. The van der Waals surface area contributed by atoms with E-state index >= 15 is 0 Å². The number of benzene rings is 3. The van der Waals surface area contributed by atoms with Gasteiger partial charge in [0.15, 0.2) is 9.84 Å². The van der Waals surface area contributed by atoms with E-state index in [0.29, 0.717) is 12.1 Å². The molecule has 40 heavy (non-hydrogen) atoms. The first-order valence-corrected chi connectivity index (χ1v) is 14.8. The molecule has 1 heterocycles. The van der Waals surface area contributed by atoms with Gasteiger partial charge in [-0.2, -0.15) is 13.2 Å². The first kappa shape index (κ1) is 29.6. The summed E-state index contributed by atoms with van der Waals surface area (Å²) in [4.78, 5) is 17.4. The van der Waals surface area contributed by atoms with Crippen molar-refractivity contribution in [2.45, 2.75) is 42.9 Å². The fourth-order valence-corrected chi connectivity index (χ4v) is 5.97. The van der Waals surface area contributed by atoms with Crippen molar-refractivity contribution in [2.24, 2.45) is 0 Å². The van der Waals surface area contributed by atoms with Crippen LogP contribution < -0.4 is 10.2 Å². The molecule has 1 fully saturated rings. The second kappa shape index (κ2) is 12.0. The van der Waals surface area contributed by atoms with Crippen molar-refractivity contribution < 1.29 is 26.4 Å². The van der Waals surface area contributed by atoms with Gasteiger partial charge < -0.3 is 15.1 Å². The van der Waals surface area contributed by atoms with Crippen molar-refractivity contribution >= 4 is 21.4 Å². The maximum absolute atomic E-state index is 13.0. The number of halogens is 3. The molecule has 0 saturated carbocycles. The van der Waals surface area contributed by atoms with E-state index in [0.717, 1.165) is 41.9 Å². The third-order valence-corrected chi connectivity index (χ3v) is 9.03. The van der Waals surface area contributed by atoms with E-state index in [9.17, 15) is 26.4 Å². The molecule has 1 N–H and O–H groups in total. The number of anilines is 1. The third kappa shape index (κ3) is 7.03. The Morgan fingerprint density at radius 1 is 0.975 bits per heavy atom.